The molecule has 2 amide bonds. The van der Waals surface area contributed by atoms with Gasteiger partial charge in [-0.15, -0.1) is 11.3 Å². The smallest absolute Gasteiger partial charge is 0.268 e. The van der Waals surface area contributed by atoms with Crippen LogP contribution in [0.2, 0.25) is 0 Å². The minimum atomic E-state index is -0.223. The summed E-state index contributed by atoms with van der Waals surface area (Å²) in [4.78, 5) is 34.6. The molecule has 0 bridgehead atoms. The maximum Gasteiger partial charge on any atom is 0.268 e. The Balaban J connectivity index is 1.68. The highest BCUT2D eigenvalue weighted by atomic mass is 32.1. The lowest BCUT2D eigenvalue weighted by Gasteiger charge is -2.10. The molecule has 4 rings (SSSR count). The Morgan fingerprint density at radius 3 is 2.81 bits per heavy atom. The van der Waals surface area contributed by atoms with Gasteiger partial charge in [0.15, 0.2) is 0 Å². The molecule has 132 valence electrons. The number of anilines is 1. The molecule has 0 saturated heterocycles. The van der Waals surface area contributed by atoms with Crippen molar-refractivity contribution in [3.8, 4) is 0 Å². The Kier molecular flexibility index (Phi) is 4.38. The van der Waals surface area contributed by atoms with Gasteiger partial charge in [-0.3, -0.25) is 9.59 Å². The Morgan fingerprint density at radius 1 is 1.23 bits per heavy atom. The van der Waals surface area contributed by atoms with E-state index in [1.165, 1.54) is 11.3 Å². The summed E-state index contributed by atoms with van der Waals surface area (Å²) in [7, 11) is 0. The van der Waals surface area contributed by atoms with Gasteiger partial charge in [0.25, 0.3) is 11.8 Å². The van der Waals surface area contributed by atoms with Crippen LogP contribution >= 0.6 is 11.3 Å². The van der Waals surface area contributed by atoms with Crippen LogP contribution in [0, 0.1) is 0 Å². The number of hydrogen-bond acceptors (Lipinski definition) is 5. The summed E-state index contributed by atoms with van der Waals surface area (Å²) < 4.78 is 0. The zero-order valence-electron chi connectivity index (χ0n) is 14.3. The lowest BCUT2D eigenvalue weighted by atomic mass is 10.1. The van der Waals surface area contributed by atoms with Gasteiger partial charge < -0.3 is 10.6 Å². The Hall–Kier alpha value is -2.80. The molecule has 0 atom stereocenters. The van der Waals surface area contributed by atoms with E-state index in [1.807, 2.05) is 31.2 Å². The van der Waals surface area contributed by atoms with Gasteiger partial charge in [0.1, 0.15) is 10.7 Å². The van der Waals surface area contributed by atoms with Crippen LogP contribution in [0.5, 0.6) is 0 Å². The van der Waals surface area contributed by atoms with E-state index in [0.29, 0.717) is 34.2 Å². The number of nitrogens with zero attached hydrogens (tertiary/aromatic N) is 2. The maximum absolute atomic E-state index is 12.7. The zero-order valence-corrected chi connectivity index (χ0v) is 15.1. The van der Waals surface area contributed by atoms with E-state index < -0.39 is 0 Å². The van der Waals surface area contributed by atoms with Crippen molar-refractivity contribution >= 4 is 39.9 Å². The van der Waals surface area contributed by atoms with Gasteiger partial charge in [-0.1, -0.05) is 18.2 Å². The summed E-state index contributed by atoms with van der Waals surface area (Å²) in [5.41, 5.74) is 3.74. The Labute approximate surface area is 154 Å². The molecule has 1 aromatic carbocycles. The van der Waals surface area contributed by atoms with Crippen LogP contribution in [-0.4, -0.2) is 28.3 Å². The topological polar surface area (TPSA) is 84.0 Å². The molecule has 6 nitrogen and oxygen atoms in total. The van der Waals surface area contributed by atoms with E-state index in [0.717, 1.165) is 23.9 Å². The molecule has 2 N–H and O–H groups in total. The van der Waals surface area contributed by atoms with Crippen molar-refractivity contribution in [3.63, 3.8) is 0 Å². The number of carbonyl (C=O) groups excluding carboxylic acids is 2. The molecule has 3 aromatic rings. The molecular formula is C19H18N4O2S. The first-order valence-electron chi connectivity index (χ1n) is 8.60. The highest BCUT2D eigenvalue weighted by Crippen LogP contribution is 2.41. The Bertz CT molecular complexity index is 994. The summed E-state index contributed by atoms with van der Waals surface area (Å²) in [6.07, 6.45) is 2.17. The molecule has 7 heteroatoms. The van der Waals surface area contributed by atoms with Crippen LogP contribution in [0.15, 0.2) is 35.8 Å². The van der Waals surface area contributed by atoms with Crippen LogP contribution in [0.4, 0.5) is 5.82 Å². The van der Waals surface area contributed by atoms with Gasteiger partial charge in [0.05, 0.1) is 22.3 Å². The summed E-state index contributed by atoms with van der Waals surface area (Å²) in [6.45, 7) is 2.40. The molecule has 0 unspecified atom stereocenters. The zero-order chi connectivity index (χ0) is 18.1. The first-order chi connectivity index (χ1) is 12.7. The second-order valence-corrected chi connectivity index (χ2v) is 7.08. The van der Waals surface area contributed by atoms with Gasteiger partial charge in [0, 0.05) is 17.8 Å². The normalized spacial score (nSPS) is 13.6. The van der Waals surface area contributed by atoms with E-state index in [2.05, 4.69) is 20.6 Å². The summed E-state index contributed by atoms with van der Waals surface area (Å²) in [5.74, 6) is 0.361. The van der Waals surface area contributed by atoms with Crippen LogP contribution in [0.1, 0.15) is 51.4 Å². The molecule has 2 heterocycles. The van der Waals surface area contributed by atoms with E-state index in [9.17, 15) is 9.59 Å². The van der Waals surface area contributed by atoms with Gasteiger partial charge in [-0.2, -0.15) is 0 Å². The number of para-hydroxylation sites is 1. The number of benzene rings is 1. The van der Waals surface area contributed by atoms with Crippen molar-refractivity contribution in [1.29, 1.82) is 0 Å². The van der Waals surface area contributed by atoms with Gasteiger partial charge in [-0.05, 0) is 31.9 Å². The third-order valence-corrected chi connectivity index (χ3v) is 5.15. The van der Waals surface area contributed by atoms with Crippen molar-refractivity contribution in [2.75, 3.05) is 11.9 Å². The standard InChI is InChI=1S/C19H18N4O2S/c1-2-20-18(24)13-9-15(22-14-6-4-3-5-12(13)14)23-19(25)17-16(11-7-8-11)21-10-26-17/h3-6,9-11H,2,7-8H2,1H3,(H,20,24)(H,22,23,25). The molecule has 1 aliphatic carbocycles. The fourth-order valence-electron chi connectivity index (χ4n) is 2.93. The minimum absolute atomic E-state index is 0.182. The highest BCUT2D eigenvalue weighted by Gasteiger charge is 2.30. The lowest BCUT2D eigenvalue weighted by Crippen LogP contribution is -2.23. The van der Waals surface area contributed by atoms with Crippen LogP contribution in [0.25, 0.3) is 10.9 Å². The molecular weight excluding hydrogens is 348 g/mol. The van der Waals surface area contributed by atoms with Gasteiger partial charge in [-0.25, -0.2) is 9.97 Å². The van der Waals surface area contributed by atoms with Crippen molar-refractivity contribution in [3.05, 3.63) is 52.0 Å². The number of fused-ring (bicyclic) bond motifs is 1. The number of hydrogen-bond donors (Lipinski definition) is 2. The minimum Gasteiger partial charge on any atom is -0.352 e. The molecule has 2 aromatic heterocycles. The number of carbonyl (C=O) groups is 2. The van der Waals surface area contributed by atoms with Crippen molar-refractivity contribution < 1.29 is 9.59 Å². The quantitative estimate of drug-likeness (QED) is 0.723. The van der Waals surface area contributed by atoms with E-state index in [1.54, 1.807) is 11.6 Å². The van der Waals surface area contributed by atoms with Crippen LogP contribution in [-0.2, 0) is 0 Å². The lowest BCUT2D eigenvalue weighted by molar-refractivity contribution is 0.0956. The van der Waals surface area contributed by atoms with Crippen molar-refractivity contribution in [2.24, 2.45) is 0 Å². The summed E-state index contributed by atoms with van der Waals surface area (Å²) in [5, 5.41) is 6.40. The van der Waals surface area contributed by atoms with E-state index >= 15 is 0 Å². The maximum atomic E-state index is 12.7. The third kappa shape index (κ3) is 3.17. The first-order valence-corrected chi connectivity index (χ1v) is 9.48. The molecule has 0 radical (unpaired) electrons. The summed E-state index contributed by atoms with van der Waals surface area (Å²) in [6, 6.07) is 9.03. The third-order valence-electron chi connectivity index (χ3n) is 4.31. The number of amides is 2. The fraction of sp³-hybridized carbons (Fsp3) is 0.263. The van der Waals surface area contributed by atoms with Crippen molar-refractivity contribution in [1.82, 2.24) is 15.3 Å². The van der Waals surface area contributed by atoms with Gasteiger partial charge >= 0.3 is 0 Å². The second-order valence-electron chi connectivity index (χ2n) is 6.23. The highest BCUT2D eigenvalue weighted by molar-refractivity contribution is 7.12. The summed E-state index contributed by atoms with van der Waals surface area (Å²) >= 11 is 1.34. The SMILES string of the molecule is CCNC(=O)c1cc(NC(=O)c2scnc2C2CC2)nc2ccccc12. The molecule has 1 aliphatic rings. The van der Waals surface area contributed by atoms with Crippen LogP contribution in [0.3, 0.4) is 0 Å². The molecule has 0 spiro atoms. The molecule has 0 aliphatic heterocycles. The molecule has 1 saturated carbocycles. The number of nitrogens with one attached hydrogen (secondary N) is 2. The van der Waals surface area contributed by atoms with E-state index in [-0.39, 0.29) is 11.8 Å². The average Bonchev–Trinajstić information content (AvgIpc) is 3.37. The van der Waals surface area contributed by atoms with E-state index in [4.69, 9.17) is 0 Å². The molecule has 26 heavy (non-hydrogen) atoms. The average molecular weight is 366 g/mol. The number of rotatable bonds is 5. The second kappa shape index (κ2) is 6.84. The monoisotopic (exact) mass is 366 g/mol. The fourth-order valence-corrected chi connectivity index (χ4v) is 3.70. The van der Waals surface area contributed by atoms with Crippen LogP contribution < -0.4 is 10.6 Å². The largest absolute Gasteiger partial charge is 0.352 e. The number of pyridine rings is 1. The molecule has 1 fully saturated rings. The Morgan fingerprint density at radius 2 is 2.04 bits per heavy atom. The number of aromatic nitrogens is 2. The predicted octanol–water partition coefficient (Wildman–Crippen LogP) is 3.57. The first kappa shape index (κ1) is 16.7. The van der Waals surface area contributed by atoms with Crippen molar-refractivity contribution in [2.45, 2.75) is 25.7 Å². The number of thiazole rings is 1. The predicted molar refractivity (Wildman–Crippen MR) is 102 cm³/mol. The van der Waals surface area contributed by atoms with Gasteiger partial charge in [0.2, 0.25) is 0 Å².